The van der Waals surface area contributed by atoms with E-state index in [9.17, 15) is 5.11 Å². The molecule has 2 nitrogen and oxygen atoms in total. The van der Waals surface area contributed by atoms with Crippen molar-refractivity contribution in [2.45, 2.75) is 77.5 Å². The molecule has 0 amide bonds. The Morgan fingerprint density at radius 2 is 2.00 bits per heavy atom. The van der Waals surface area contributed by atoms with Crippen molar-refractivity contribution in [1.82, 2.24) is 4.90 Å². The zero-order valence-electron chi connectivity index (χ0n) is 11.4. The Labute approximate surface area is 101 Å². The van der Waals surface area contributed by atoms with Gasteiger partial charge in [0.25, 0.3) is 0 Å². The van der Waals surface area contributed by atoms with Gasteiger partial charge in [-0.2, -0.15) is 0 Å². The van der Waals surface area contributed by atoms with Gasteiger partial charge in [-0.1, -0.05) is 26.7 Å². The van der Waals surface area contributed by atoms with Gasteiger partial charge in [-0.05, 0) is 45.6 Å². The molecule has 1 saturated carbocycles. The normalized spacial score (nSPS) is 33.0. The number of hydrogen-bond donors (Lipinski definition) is 1. The van der Waals surface area contributed by atoms with Crippen LogP contribution in [0.25, 0.3) is 0 Å². The van der Waals surface area contributed by atoms with Crippen LogP contribution in [0.1, 0.15) is 59.3 Å². The second-order valence-electron chi connectivity index (χ2n) is 5.53. The zero-order chi connectivity index (χ0) is 12.1. The van der Waals surface area contributed by atoms with Crippen molar-refractivity contribution in [3.63, 3.8) is 0 Å². The second kappa shape index (κ2) is 6.61. The summed E-state index contributed by atoms with van der Waals surface area (Å²) < 4.78 is 0. The highest BCUT2D eigenvalue weighted by Crippen LogP contribution is 2.30. The maximum absolute atomic E-state index is 10.1. The fourth-order valence-corrected chi connectivity index (χ4v) is 2.97. The van der Waals surface area contributed by atoms with Gasteiger partial charge >= 0.3 is 0 Å². The van der Waals surface area contributed by atoms with E-state index in [1.54, 1.807) is 0 Å². The molecule has 0 aliphatic heterocycles. The third kappa shape index (κ3) is 3.46. The van der Waals surface area contributed by atoms with Gasteiger partial charge in [-0.25, -0.2) is 0 Å². The SMILES string of the molecule is CCCC(C)N(C)C1CC(CC)CCC1O. The van der Waals surface area contributed by atoms with E-state index in [0.717, 1.165) is 12.3 Å². The van der Waals surface area contributed by atoms with Crippen molar-refractivity contribution in [2.75, 3.05) is 7.05 Å². The van der Waals surface area contributed by atoms with E-state index < -0.39 is 0 Å². The van der Waals surface area contributed by atoms with Crippen molar-refractivity contribution in [3.8, 4) is 0 Å². The van der Waals surface area contributed by atoms with Crippen LogP contribution < -0.4 is 0 Å². The van der Waals surface area contributed by atoms with Crippen molar-refractivity contribution < 1.29 is 5.11 Å². The van der Waals surface area contributed by atoms with E-state index in [4.69, 9.17) is 0 Å². The van der Waals surface area contributed by atoms with Crippen LogP contribution in [-0.2, 0) is 0 Å². The lowest BCUT2D eigenvalue weighted by Crippen LogP contribution is -2.48. The standard InChI is InChI=1S/C14H29NO/c1-5-7-11(3)15(4)13-10-12(6-2)8-9-14(13)16/h11-14,16H,5-10H2,1-4H3. The van der Waals surface area contributed by atoms with Crippen LogP contribution in [0.5, 0.6) is 0 Å². The number of aliphatic hydroxyl groups is 1. The average Bonchev–Trinajstić information content (AvgIpc) is 2.29. The molecule has 0 saturated heterocycles. The summed E-state index contributed by atoms with van der Waals surface area (Å²) in [5.74, 6) is 0.824. The zero-order valence-corrected chi connectivity index (χ0v) is 11.4. The topological polar surface area (TPSA) is 23.5 Å². The molecule has 1 aliphatic carbocycles. The Bertz CT molecular complexity index is 195. The number of nitrogens with zero attached hydrogens (tertiary/aromatic N) is 1. The summed E-state index contributed by atoms with van der Waals surface area (Å²) in [7, 11) is 2.19. The highest BCUT2D eigenvalue weighted by molar-refractivity contribution is 4.87. The van der Waals surface area contributed by atoms with E-state index in [2.05, 4.69) is 32.7 Å². The van der Waals surface area contributed by atoms with Crippen LogP contribution in [-0.4, -0.2) is 35.2 Å². The van der Waals surface area contributed by atoms with E-state index in [1.165, 1.54) is 32.1 Å². The van der Waals surface area contributed by atoms with E-state index in [0.29, 0.717) is 12.1 Å². The summed E-state index contributed by atoms with van der Waals surface area (Å²) in [5, 5.41) is 10.1. The average molecular weight is 227 g/mol. The molecule has 16 heavy (non-hydrogen) atoms. The molecule has 0 radical (unpaired) electrons. The second-order valence-corrected chi connectivity index (χ2v) is 5.53. The first-order valence-corrected chi connectivity index (χ1v) is 7.00. The summed E-state index contributed by atoms with van der Waals surface area (Å²) in [6.07, 6.45) is 7.01. The van der Waals surface area contributed by atoms with Crippen molar-refractivity contribution >= 4 is 0 Å². The largest absolute Gasteiger partial charge is 0.391 e. The molecule has 0 spiro atoms. The Morgan fingerprint density at radius 3 is 2.56 bits per heavy atom. The van der Waals surface area contributed by atoms with E-state index in [1.807, 2.05) is 0 Å². The minimum absolute atomic E-state index is 0.105. The van der Waals surface area contributed by atoms with Crippen LogP contribution in [0.2, 0.25) is 0 Å². The van der Waals surface area contributed by atoms with Gasteiger partial charge < -0.3 is 5.11 Å². The van der Waals surface area contributed by atoms with Crippen molar-refractivity contribution in [1.29, 1.82) is 0 Å². The van der Waals surface area contributed by atoms with Crippen molar-refractivity contribution in [2.24, 2.45) is 5.92 Å². The van der Waals surface area contributed by atoms with Crippen LogP contribution >= 0.6 is 0 Å². The molecule has 1 N–H and O–H groups in total. The maximum atomic E-state index is 10.1. The van der Waals surface area contributed by atoms with Gasteiger partial charge in [-0.15, -0.1) is 0 Å². The minimum Gasteiger partial charge on any atom is -0.391 e. The maximum Gasteiger partial charge on any atom is 0.0695 e. The van der Waals surface area contributed by atoms with Crippen LogP contribution in [0, 0.1) is 5.92 Å². The van der Waals surface area contributed by atoms with E-state index in [-0.39, 0.29) is 6.10 Å². The number of likely N-dealkylation sites (N-methyl/N-ethyl adjacent to an activating group) is 1. The highest BCUT2D eigenvalue weighted by atomic mass is 16.3. The Morgan fingerprint density at radius 1 is 1.31 bits per heavy atom. The van der Waals surface area contributed by atoms with Crippen LogP contribution in [0.3, 0.4) is 0 Å². The molecule has 0 heterocycles. The van der Waals surface area contributed by atoms with E-state index >= 15 is 0 Å². The first-order valence-electron chi connectivity index (χ1n) is 7.00. The Hall–Kier alpha value is -0.0800. The van der Waals surface area contributed by atoms with Crippen LogP contribution in [0.4, 0.5) is 0 Å². The predicted molar refractivity (Wildman–Crippen MR) is 69.6 cm³/mol. The Kier molecular flexibility index (Phi) is 5.77. The molecule has 1 rings (SSSR count). The van der Waals surface area contributed by atoms with Gasteiger partial charge in [0.05, 0.1) is 6.10 Å². The van der Waals surface area contributed by atoms with Gasteiger partial charge in [0.15, 0.2) is 0 Å². The third-order valence-corrected chi connectivity index (χ3v) is 4.39. The third-order valence-electron chi connectivity index (χ3n) is 4.39. The summed E-state index contributed by atoms with van der Waals surface area (Å²) in [4.78, 5) is 2.41. The summed E-state index contributed by atoms with van der Waals surface area (Å²) in [6, 6.07) is 0.987. The molecule has 2 heteroatoms. The number of hydrogen-bond acceptors (Lipinski definition) is 2. The molecule has 4 unspecified atom stereocenters. The first-order chi connectivity index (χ1) is 7.60. The Balaban J connectivity index is 2.54. The quantitative estimate of drug-likeness (QED) is 0.780. The molecule has 0 aromatic carbocycles. The highest BCUT2D eigenvalue weighted by Gasteiger charge is 2.32. The molecule has 0 bridgehead atoms. The smallest absolute Gasteiger partial charge is 0.0695 e. The molecule has 0 aromatic rings. The fraction of sp³-hybridized carbons (Fsp3) is 1.00. The number of rotatable bonds is 5. The van der Waals surface area contributed by atoms with Gasteiger partial charge in [-0.3, -0.25) is 4.90 Å². The lowest BCUT2D eigenvalue weighted by atomic mass is 9.81. The molecule has 1 fully saturated rings. The number of aliphatic hydroxyl groups excluding tert-OH is 1. The molecule has 0 aromatic heterocycles. The summed E-state index contributed by atoms with van der Waals surface area (Å²) >= 11 is 0. The lowest BCUT2D eigenvalue weighted by molar-refractivity contribution is -0.00245. The van der Waals surface area contributed by atoms with Crippen molar-refractivity contribution in [3.05, 3.63) is 0 Å². The molecular weight excluding hydrogens is 198 g/mol. The summed E-state index contributed by atoms with van der Waals surface area (Å²) in [5.41, 5.74) is 0. The minimum atomic E-state index is -0.105. The van der Waals surface area contributed by atoms with Gasteiger partial charge in [0.1, 0.15) is 0 Å². The van der Waals surface area contributed by atoms with Gasteiger partial charge in [0.2, 0.25) is 0 Å². The first kappa shape index (κ1) is 14.0. The monoisotopic (exact) mass is 227 g/mol. The molecular formula is C14H29NO. The lowest BCUT2D eigenvalue weighted by Gasteiger charge is -2.41. The van der Waals surface area contributed by atoms with Gasteiger partial charge in [0, 0.05) is 12.1 Å². The molecule has 1 aliphatic rings. The molecule has 96 valence electrons. The fourth-order valence-electron chi connectivity index (χ4n) is 2.97. The summed E-state index contributed by atoms with van der Waals surface area (Å²) in [6.45, 7) is 6.79. The predicted octanol–water partition coefficient (Wildman–Crippen LogP) is 3.05. The molecule has 4 atom stereocenters. The van der Waals surface area contributed by atoms with Crippen LogP contribution in [0.15, 0.2) is 0 Å².